The Hall–Kier alpha value is -2.00. The molecule has 0 bridgehead atoms. The normalized spacial score (nSPS) is 10.2. The van der Waals surface area contributed by atoms with Crippen molar-refractivity contribution in [1.29, 1.82) is 0 Å². The number of aryl methyl sites for hydroxylation is 2. The van der Waals surface area contributed by atoms with Crippen LogP contribution in [0.4, 0.5) is 5.69 Å². The maximum Gasteiger partial charge on any atom is 0.255 e. The summed E-state index contributed by atoms with van der Waals surface area (Å²) in [5.41, 5.74) is 3.41. The zero-order valence-electron chi connectivity index (χ0n) is 11.7. The summed E-state index contributed by atoms with van der Waals surface area (Å²) < 4.78 is 5.07. The highest BCUT2D eigenvalue weighted by Gasteiger charge is 2.10. The van der Waals surface area contributed by atoms with Crippen LogP contribution in [0.1, 0.15) is 21.5 Å². The first-order valence-electron chi connectivity index (χ1n) is 6.23. The molecule has 0 saturated heterocycles. The molecule has 0 unspecified atom stereocenters. The smallest absolute Gasteiger partial charge is 0.255 e. The SMILES string of the molecule is COc1ccc(NC(=O)c2ccc(C)c(C)c2)c(Cl)c1. The Kier molecular flexibility index (Phi) is 4.30. The topological polar surface area (TPSA) is 38.3 Å². The van der Waals surface area contributed by atoms with Gasteiger partial charge in [-0.2, -0.15) is 0 Å². The van der Waals surface area contributed by atoms with Gasteiger partial charge < -0.3 is 10.1 Å². The fourth-order valence-electron chi connectivity index (χ4n) is 1.80. The zero-order valence-corrected chi connectivity index (χ0v) is 12.4. The van der Waals surface area contributed by atoms with Gasteiger partial charge in [-0.3, -0.25) is 4.79 Å². The second-order valence-corrected chi connectivity index (χ2v) is 5.01. The zero-order chi connectivity index (χ0) is 14.7. The van der Waals surface area contributed by atoms with Gasteiger partial charge in [0.1, 0.15) is 5.75 Å². The van der Waals surface area contributed by atoms with Gasteiger partial charge in [0, 0.05) is 11.6 Å². The number of nitrogens with one attached hydrogen (secondary N) is 1. The van der Waals surface area contributed by atoms with Crippen molar-refractivity contribution >= 4 is 23.2 Å². The highest BCUT2D eigenvalue weighted by molar-refractivity contribution is 6.34. The molecule has 2 aromatic rings. The summed E-state index contributed by atoms with van der Waals surface area (Å²) in [7, 11) is 1.57. The molecule has 20 heavy (non-hydrogen) atoms. The number of benzene rings is 2. The number of halogens is 1. The monoisotopic (exact) mass is 289 g/mol. The quantitative estimate of drug-likeness (QED) is 0.919. The highest BCUT2D eigenvalue weighted by Crippen LogP contribution is 2.27. The lowest BCUT2D eigenvalue weighted by molar-refractivity contribution is 0.102. The molecule has 1 amide bonds. The van der Waals surface area contributed by atoms with Gasteiger partial charge in [0.15, 0.2) is 0 Å². The lowest BCUT2D eigenvalue weighted by Gasteiger charge is -2.09. The molecule has 0 fully saturated rings. The van der Waals surface area contributed by atoms with E-state index in [1.54, 1.807) is 31.4 Å². The van der Waals surface area contributed by atoms with E-state index >= 15 is 0 Å². The van der Waals surface area contributed by atoms with Gasteiger partial charge >= 0.3 is 0 Å². The fourth-order valence-corrected chi connectivity index (χ4v) is 2.02. The number of hydrogen-bond donors (Lipinski definition) is 1. The van der Waals surface area contributed by atoms with E-state index in [9.17, 15) is 4.79 Å². The standard InChI is InChI=1S/C16H16ClNO2/c1-10-4-5-12(8-11(10)2)16(19)18-15-7-6-13(20-3)9-14(15)17/h4-9H,1-3H3,(H,18,19). The average Bonchev–Trinajstić information content (AvgIpc) is 2.43. The second kappa shape index (κ2) is 5.97. The molecule has 4 heteroatoms. The summed E-state index contributed by atoms with van der Waals surface area (Å²) in [6.45, 7) is 3.99. The van der Waals surface area contributed by atoms with Crippen LogP contribution in [0.5, 0.6) is 5.75 Å². The Balaban J connectivity index is 2.21. The molecule has 0 heterocycles. The van der Waals surface area contributed by atoms with Crippen molar-refractivity contribution in [3.05, 3.63) is 58.1 Å². The number of methoxy groups -OCH3 is 1. The molecule has 1 N–H and O–H groups in total. The molecule has 0 aliphatic heterocycles. The molecule has 3 nitrogen and oxygen atoms in total. The van der Waals surface area contributed by atoms with Gasteiger partial charge in [-0.25, -0.2) is 0 Å². The molecule has 2 rings (SSSR count). The minimum atomic E-state index is -0.180. The van der Waals surface area contributed by atoms with Crippen molar-refractivity contribution in [1.82, 2.24) is 0 Å². The van der Waals surface area contributed by atoms with Crippen LogP contribution in [0.15, 0.2) is 36.4 Å². The van der Waals surface area contributed by atoms with E-state index in [2.05, 4.69) is 5.32 Å². The molecule has 0 aliphatic carbocycles. The second-order valence-electron chi connectivity index (χ2n) is 4.60. The van der Waals surface area contributed by atoms with Crippen LogP contribution in [-0.2, 0) is 0 Å². The molecule has 0 saturated carbocycles. The lowest BCUT2D eigenvalue weighted by atomic mass is 10.1. The Morgan fingerprint density at radius 2 is 1.85 bits per heavy atom. The minimum absolute atomic E-state index is 0.180. The van der Waals surface area contributed by atoms with Crippen molar-refractivity contribution in [2.45, 2.75) is 13.8 Å². The first kappa shape index (κ1) is 14.4. The molecule has 0 aromatic heterocycles. The third-order valence-corrected chi connectivity index (χ3v) is 3.51. The first-order valence-corrected chi connectivity index (χ1v) is 6.61. The summed E-state index contributed by atoms with van der Waals surface area (Å²) in [5.74, 6) is 0.472. The third-order valence-electron chi connectivity index (χ3n) is 3.19. The van der Waals surface area contributed by atoms with Crippen molar-refractivity contribution in [3.63, 3.8) is 0 Å². The van der Waals surface area contributed by atoms with E-state index in [1.807, 2.05) is 26.0 Å². The van der Waals surface area contributed by atoms with Gasteiger partial charge in [-0.05, 0) is 49.2 Å². The fraction of sp³-hybridized carbons (Fsp3) is 0.188. The summed E-state index contributed by atoms with van der Waals surface area (Å²) in [4.78, 5) is 12.2. The van der Waals surface area contributed by atoms with E-state index < -0.39 is 0 Å². The Morgan fingerprint density at radius 3 is 2.45 bits per heavy atom. The Labute approximate surface area is 123 Å². The molecule has 0 spiro atoms. The van der Waals surface area contributed by atoms with E-state index in [-0.39, 0.29) is 5.91 Å². The molecular formula is C16H16ClNO2. The van der Waals surface area contributed by atoms with Crippen LogP contribution >= 0.6 is 11.6 Å². The van der Waals surface area contributed by atoms with Crippen molar-refractivity contribution in [3.8, 4) is 5.75 Å². The first-order chi connectivity index (χ1) is 9.51. The van der Waals surface area contributed by atoms with Crippen molar-refractivity contribution in [2.75, 3.05) is 12.4 Å². The average molecular weight is 290 g/mol. The van der Waals surface area contributed by atoms with E-state index in [0.717, 1.165) is 11.1 Å². The van der Waals surface area contributed by atoms with Gasteiger partial charge in [0.2, 0.25) is 0 Å². The summed E-state index contributed by atoms with van der Waals surface area (Å²) in [6, 6.07) is 10.7. The van der Waals surface area contributed by atoms with Gasteiger partial charge in [0.05, 0.1) is 17.8 Å². The van der Waals surface area contributed by atoms with Crippen LogP contribution in [0.25, 0.3) is 0 Å². The van der Waals surface area contributed by atoms with Crippen molar-refractivity contribution < 1.29 is 9.53 Å². The number of ether oxygens (including phenoxy) is 1. The molecule has 0 radical (unpaired) electrons. The van der Waals surface area contributed by atoms with Crippen LogP contribution in [0.2, 0.25) is 5.02 Å². The van der Waals surface area contributed by atoms with Crippen LogP contribution in [-0.4, -0.2) is 13.0 Å². The summed E-state index contributed by atoms with van der Waals surface area (Å²) >= 11 is 6.10. The van der Waals surface area contributed by atoms with Crippen LogP contribution < -0.4 is 10.1 Å². The molecule has 0 aliphatic rings. The molecular weight excluding hydrogens is 274 g/mol. The number of carbonyl (C=O) groups is 1. The Bertz CT molecular complexity index is 653. The number of hydrogen-bond acceptors (Lipinski definition) is 2. The van der Waals surface area contributed by atoms with E-state index in [1.165, 1.54) is 0 Å². The summed E-state index contributed by atoms with van der Waals surface area (Å²) in [6.07, 6.45) is 0. The highest BCUT2D eigenvalue weighted by atomic mass is 35.5. The predicted molar refractivity (Wildman–Crippen MR) is 81.9 cm³/mol. The molecule has 0 atom stereocenters. The third kappa shape index (κ3) is 3.11. The van der Waals surface area contributed by atoms with Crippen LogP contribution in [0, 0.1) is 13.8 Å². The van der Waals surface area contributed by atoms with Crippen LogP contribution in [0.3, 0.4) is 0 Å². The lowest BCUT2D eigenvalue weighted by Crippen LogP contribution is -2.12. The van der Waals surface area contributed by atoms with Gasteiger partial charge in [-0.1, -0.05) is 17.7 Å². The number of rotatable bonds is 3. The van der Waals surface area contributed by atoms with E-state index in [0.29, 0.717) is 22.0 Å². The molecule has 104 valence electrons. The molecule has 2 aromatic carbocycles. The Morgan fingerprint density at radius 1 is 1.10 bits per heavy atom. The number of amides is 1. The van der Waals surface area contributed by atoms with E-state index in [4.69, 9.17) is 16.3 Å². The van der Waals surface area contributed by atoms with Gasteiger partial charge in [-0.15, -0.1) is 0 Å². The summed E-state index contributed by atoms with van der Waals surface area (Å²) in [5, 5.41) is 3.24. The number of anilines is 1. The van der Waals surface area contributed by atoms with Crippen molar-refractivity contribution in [2.24, 2.45) is 0 Å². The maximum absolute atomic E-state index is 12.2. The maximum atomic E-state index is 12.2. The largest absolute Gasteiger partial charge is 0.497 e. The van der Waals surface area contributed by atoms with Gasteiger partial charge in [0.25, 0.3) is 5.91 Å². The minimum Gasteiger partial charge on any atom is -0.497 e. The number of carbonyl (C=O) groups excluding carboxylic acids is 1. The predicted octanol–water partition coefficient (Wildman–Crippen LogP) is 4.22.